The molecular weight excluding hydrogens is 284 g/mol. The number of nitrogens with one attached hydrogen (secondary N) is 1. The van der Waals surface area contributed by atoms with Crippen molar-refractivity contribution in [3.63, 3.8) is 0 Å². The van der Waals surface area contributed by atoms with E-state index in [-0.39, 0.29) is 18.0 Å². The van der Waals surface area contributed by atoms with Crippen molar-refractivity contribution < 1.29 is 22.7 Å². The van der Waals surface area contributed by atoms with Gasteiger partial charge in [0.2, 0.25) is 10.0 Å². The molecule has 0 saturated heterocycles. The Hall–Kier alpha value is -2.27. The van der Waals surface area contributed by atoms with E-state index in [2.05, 4.69) is 9.46 Å². The van der Waals surface area contributed by atoms with Gasteiger partial charge in [-0.1, -0.05) is 0 Å². The number of carbonyl (C=O) groups excluding carboxylic acids is 1. The van der Waals surface area contributed by atoms with E-state index in [0.29, 0.717) is 5.56 Å². The van der Waals surface area contributed by atoms with Crippen LogP contribution in [0.2, 0.25) is 0 Å². The van der Waals surface area contributed by atoms with Crippen molar-refractivity contribution in [2.24, 2.45) is 0 Å². The van der Waals surface area contributed by atoms with Gasteiger partial charge < -0.3 is 9.47 Å². The zero-order valence-electron chi connectivity index (χ0n) is 11.0. The summed E-state index contributed by atoms with van der Waals surface area (Å²) in [6, 6.07) is 6.12. The predicted octanol–water partition coefficient (Wildman–Crippen LogP) is 0.872. The van der Waals surface area contributed by atoms with Crippen molar-refractivity contribution in [3.8, 4) is 11.8 Å². The number of ether oxygens (including phenoxy) is 2. The number of rotatable bonds is 6. The van der Waals surface area contributed by atoms with Crippen molar-refractivity contribution in [1.29, 1.82) is 5.26 Å². The molecule has 1 aromatic carbocycles. The van der Waals surface area contributed by atoms with Crippen LogP contribution >= 0.6 is 0 Å². The zero-order valence-corrected chi connectivity index (χ0v) is 11.9. The van der Waals surface area contributed by atoms with E-state index in [1.165, 1.54) is 25.3 Å². The Kier molecular flexibility index (Phi) is 5.34. The molecule has 8 heteroatoms. The standard InChI is InChI=1S/C12H14N2O5S/c1-3-19-12(15)8-20(16,17)14-10-5-4-9(7-13)6-11(10)18-2/h4-6,14H,3,8H2,1-2H3. The molecule has 0 unspecified atom stereocenters. The van der Waals surface area contributed by atoms with Gasteiger partial charge in [0, 0.05) is 6.07 Å². The van der Waals surface area contributed by atoms with Gasteiger partial charge in [-0.3, -0.25) is 9.52 Å². The average Bonchev–Trinajstić information content (AvgIpc) is 2.38. The Balaban J connectivity index is 2.92. The minimum absolute atomic E-state index is 0.106. The molecule has 1 aromatic rings. The monoisotopic (exact) mass is 298 g/mol. The molecule has 1 rings (SSSR count). The molecule has 0 aliphatic carbocycles. The van der Waals surface area contributed by atoms with Gasteiger partial charge in [0.1, 0.15) is 5.75 Å². The maximum Gasteiger partial charge on any atom is 0.323 e. The van der Waals surface area contributed by atoms with Crippen LogP contribution in [0.15, 0.2) is 18.2 Å². The van der Waals surface area contributed by atoms with Crippen LogP contribution in [0.25, 0.3) is 0 Å². The summed E-state index contributed by atoms with van der Waals surface area (Å²) in [6.45, 7) is 1.69. The molecule has 0 fully saturated rings. The fraction of sp³-hybridized carbons (Fsp3) is 0.333. The molecule has 1 N–H and O–H groups in total. The number of hydrogen-bond acceptors (Lipinski definition) is 6. The lowest BCUT2D eigenvalue weighted by Gasteiger charge is -2.11. The third-order valence-electron chi connectivity index (χ3n) is 2.21. The third-order valence-corrected chi connectivity index (χ3v) is 3.36. The summed E-state index contributed by atoms with van der Waals surface area (Å²) >= 11 is 0. The van der Waals surface area contributed by atoms with Crippen LogP contribution in [0.1, 0.15) is 12.5 Å². The first-order valence-corrected chi connectivity index (χ1v) is 7.31. The van der Waals surface area contributed by atoms with E-state index < -0.39 is 21.7 Å². The third kappa shape index (κ3) is 4.44. The van der Waals surface area contributed by atoms with Crippen LogP contribution in [-0.4, -0.2) is 33.9 Å². The molecular formula is C12H14N2O5S. The highest BCUT2D eigenvalue weighted by molar-refractivity contribution is 7.93. The number of sulfonamides is 1. The molecule has 108 valence electrons. The molecule has 0 radical (unpaired) electrons. The molecule has 0 atom stereocenters. The summed E-state index contributed by atoms with van der Waals surface area (Å²) < 4.78 is 35.3. The number of benzene rings is 1. The molecule has 0 bridgehead atoms. The first kappa shape index (κ1) is 15.8. The minimum atomic E-state index is -3.90. The Morgan fingerprint density at radius 1 is 1.45 bits per heavy atom. The molecule has 0 spiro atoms. The van der Waals surface area contributed by atoms with Crippen LogP contribution in [0, 0.1) is 11.3 Å². The van der Waals surface area contributed by atoms with Crippen molar-refractivity contribution in [1.82, 2.24) is 0 Å². The predicted molar refractivity (Wildman–Crippen MR) is 71.8 cm³/mol. The fourth-order valence-electron chi connectivity index (χ4n) is 1.41. The number of nitrogens with zero attached hydrogens (tertiary/aromatic N) is 1. The van der Waals surface area contributed by atoms with Crippen molar-refractivity contribution >= 4 is 21.7 Å². The van der Waals surface area contributed by atoms with Crippen molar-refractivity contribution in [2.75, 3.05) is 24.2 Å². The lowest BCUT2D eigenvalue weighted by Crippen LogP contribution is -2.24. The summed E-state index contributed by atoms with van der Waals surface area (Å²) in [5, 5.41) is 8.75. The van der Waals surface area contributed by atoms with Gasteiger partial charge in [0.15, 0.2) is 5.75 Å². The largest absolute Gasteiger partial charge is 0.495 e. The summed E-state index contributed by atoms with van der Waals surface area (Å²) in [5.41, 5.74) is 0.478. The van der Waals surface area contributed by atoms with E-state index in [1.54, 1.807) is 6.92 Å². The number of carbonyl (C=O) groups is 1. The minimum Gasteiger partial charge on any atom is -0.495 e. The van der Waals surface area contributed by atoms with Crippen molar-refractivity contribution in [2.45, 2.75) is 6.92 Å². The SMILES string of the molecule is CCOC(=O)CS(=O)(=O)Nc1ccc(C#N)cc1OC. The first-order valence-electron chi connectivity index (χ1n) is 5.66. The molecule has 0 aliphatic rings. The molecule has 0 saturated carbocycles. The van der Waals surface area contributed by atoms with E-state index in [1.807, 2.05) is 6.07 Å². The van der Waals surface area contributed by atoms with E-state index in [9.17, 15) is 13.2 Å². The number of hydrogen-bond donors (Lipinski definition) is 1. The van der Waals surface area contributed by atoms with E-state index in [4.69, 9.17) is 10.00 Å². The first-order chi connectivity index (χ1) is 9.41. The highest BCUT2D eigenvalue weighted by Gasteiger charge is 2.19. The van der Waals surface area contributed by atoms with Crippen LogP contribution in [0.3, 0.4) is 0 Å². The number of anilines is 1. The lowest BCUT2D eigenvalue weighted by atomic mass is 10.2. The molecule has 0 aliphatic heterocycles. The molecule has 0 amide bonds. The molecule has 0 aromatic heterocycles. The highest BCUT2D eigenvalue weighted by Crippen LogP contribution is 2.26. The van der Waals surface area contributed by atoms with Gasteiger partial charge in [0.25, 0.3) is 0 Å². The van der Waals surface area contributed by atoms with Crippen molar-refractivity contribution in [3.05, 3.63) is 23.8 Å². The smallest absolute Gasteiger partial charge is 0.323 e. The second-order valence-corrected chi connectivity index (χ2v) is 5.42. The summed E-state index contributed by atoms with van der Waals surface area (Å²) in [5.74, 6) is -1.44. The highest BCUT2D eigenvalue weighted by atomic mass is 32.2. The van der Waals surface area contributed by atoms with Gasteiger partial charge in [-0.25, -0.2) is 8.42 Å². The van der Waals surface area contributed by atoms with E-state index in [0.717, 1.165) is 0 Å². The van der Waals surface area contributed by atoms with Crippen LogP contribution < -0.4 is 9.46 Å². The number of nitriles is 1. The van der Waals surface area contributed by atoms with Gasteiger partial charge in [-0.05, 0) is 19.1 Å². The fourth-order valence-corrected chi connectivity index (χ4v) is 2.38. The van der Waals surface area contributed by atoms with Crippen LogP contribution in [0.4, 0.5) is 5.69 Å². The number of esters is 1. The second kappa shape index (κ2) is 6.77. The van der Waals surface area contributed by atoms with Gasteiger partial charge >= 0.3 is 5.97 Å². The Morgan fingerprint density at radius 2 is 2.15 bits per heavy atom. The molecule has 0 heterocycles. The maximum atomic E-state index is 11.8. The van der Waals surface area contributed by atoms with Gasteiger partial charge in [0.05, 0.1) is 31.0 Å². The van der Waals surface area contributed by atoms with Gasteiger partial charge in [-0.15, -0.1) is 0 Å². The topological polar surface area (TPSA) is 105 Å². The Labute approximate surface area is 117 Å². The average molecular weight is 298 g/mol. The summed E-state index contributed by atoms with van der Waals surface area (Å²) in [6.07, 6.45) is 0. The van der Waals surface area contributed by atoms with Crippen LogP contribution in [-0.2, 0) is 19.6 Å². The maximum absolute atomic E-state index is 11.8. The quantitative estimate of drug-likeness (QED) is 0.781. The summed E-state index contributed by atoms with van der Waals surface area (Å²) in [7, 11) is -2.55. The Bertz CT molecular complexity index is 634. The van der Waals surface area contributed by atoms with Crippen LogP contribution in [0.5, 0.6) is 5.75 Å². The normalized spacial score (nSPS) is 10.4. The number of methoxy groups -OCH3 is 1. The molecule has 20 heavy (non-hydrogen) atoms. The Morgan fingerprint density at radius 3 is 2.70 bits per heavy atom. The lowest BCUT2D eigenvalue weighted by molar-refractivity contribution is -0.139. The summed E-state index contributed by atoms with van der Waals surface area (Å²) in [4.78, 5) is 11.2. The van der Waals surface area contributed by atoms with Gasteiger partial charge in [-0.2, -0.15) is 5.26 Å². The zero-order chi connectivity index (χ0) is 15.2. The van der Waals surface area contributed by atoms with E-state index >= 15 is 0 Å². The second-order valence-electron chi connectivity index (χ2n) is 3.69. The molecule has 7 nitrogen and oxygen atoms in total.